The SMILES string of the molecule is Cc1ccnc(C=C(N)C2=Cc3ccc(N4CCNCC4)nc3[B]C2=O)c1. The van der Waals surface area contributed by atoms with Gasteiger partial charge in [0.1, 0.15) is 11.5 Å². The van der Waals surface area contributed by atoms with Gasteiger partial charge in [0.2, 0.25) is 0 Å². The number of piperazine rings is 1. The number of nitrogens with two attached hydrogens (primary N) is 1. The third-order valence-electron chi connectivity index (χ3n) is 4.77. The van der Waals surface area contributed by atoms with Gasteiger partial charge in [0.15, 0.2) is 0 Å². The number of hydrogen-bond acceptors (Lipinski definition) is 6. The normalized spacial score (nSPS) is 17.2. The fourth-order valence-corrected chi connectivity index (χ4v) is 3.31. The highest BCUT2D eigenvalue weighted by molar-refractivity contribution is 6.88. The van der Waals surface area contributed by atoms with Crippen LogP contribution in [0.4, 0.5) is 5.82 Å². The molecule has 0 aliphatic carbocycles. The Morgan fingerprint density at radius 2 is 2.11 bits per heavy atom. The lowest BCUT2D eigenvalue weighted by Gasteiger charge is -2.29. The average Bonchev–Trinajstić information content (AvgIpc) is 2.67. The Labute approximate surface area is 159 Å². The summed E-state index contributed by atoms with van der Waals surface area (Å²) in [7, 11) is 1.57. The highest BCUT2D eigenvalue weighted by Crippen LogP contribution is 2.19. The van der Waals surface area contributed by atoms with Crippen LogP contribution in [-0.4, -0.2) is 49.1 Å². The molecule has 0 atom stereocenters. The molecule has 135 valence electrons. The average molecular weight is 358 g/mol. The topological polar surface area (TPSA) is 84.1 Å². The van der Waals surface area contributed by atoms with Crippen LogP contribution in [0.25, 0.3) is 12.2 Å². The number of fused-ring (bicyclic) bond motifs is 1. The maximum atomic E-state index is 12.6. The van der Waals surface area contributed by atoms with Crippen molar-refractivity contribution >= 4 is 36.5 Å². The molecule has 0 bridgehead atoms. The number of allylic oxidation sites excluding steroid dienone is 1. The lowest BCUT2D eigenvalue weighted by atomic mass is 9.61. The fraction of sp³-hybridized carbons (Fsp3) is 0.250. The second-order valence-corrected chi connectivity index (χ2v) is 6.81. The summed E-state index contributed by atoms with van der Waals surface area (Å²) in [5.41, 5.74) is 10.4. The monoisotopic (exact) mass is 358 g/mol. The van der Waals surface area contributed by atoms with Crippen molar-refractivity contribution in [3.05, 3.63) is 58.6 Å². The number of carbonyl (C=O) groups excluding carboxylic acids is 1. The van der Waals surface area contributed by atoms with Gasteiger partial charge in [-0.05, 0) is 48.4 Å². The second-order valence-electron chi connectivity index (χ2n) is 6.81. The van der Waals surface area contributed by atoms with E-state index >= 15 is 0 Å². The number of aryl methyl sites for hydroxylation is 1. The molecule has 0 spiro atoms. The summed E-state index contributed by atoms with van der Waals surface area (Å²) in [6.07, 6.45) is 5.28. The van der Waals surface area contributed by atoms with E-state index in [1.807, 2.05) is 37.3 Å². The summed E-state index contributed by atoms with van der Waals surface area (Å²) < 4.78 is 0. The van der Waals surface area contributed by atoms with Gasteiger partial charge in [0.25, 0.3) is 7.28 Å². The Bertz CT molecular complexity index is 947. The summed E-state index contributed by atoms with van der Waals surface area (Å²) in [5, 5.41) is 3.33. The highest BCUT2D eigenvalue weighted by atomic mass is 16.1. The highest BCUT2D eigenvalue weighted by Gasteiger charge is 2.24. The molecule has 7 heteroatoms. The van der Waals surface area contributed by atoms with Crippen LogP contribution in [0.5, 0.6) is 0 Å². The number of aromatic nitrogens is 2. The van der Waals surface area contributed by atoms with Crippen LogP contribution in [0.3, 0.4) is 0 Å². The summed E-state index contributed by atoms with van der Waals surface area (Å²) in [5.74, 6) is 0.906. The first-order chi connectivity index (χ1) is 13.1. The first-order valence-electron chi connectivity index (χ1n) is 9.08. The Morgan fingerprint density at radius 3 is 2.89 bits per heavy atom. The van der Waals surface area contributed by atoms with Crippen LogP contribution >= 0.6 is 0 Å². The van der Waals surface area contributed by atoms with Gasteiger partial charge in [-0.25, -0.2) is 4.98 Å². The third-order valence-corrected chi connectivity index (χ3v) is 4.77. The zero-order valence-electron chi connectivity index (χ0n) is 15.3. The molecule has 1 saturated heterocycles. The predicted molar refractivity (Wildman–Crippen MR) is 109 cm³/mol. The molecule has 2 aromatic heterocycles. The molecule has 2 aliphatic rings. The van der Waals surface area contributed by atoms with Crippen LogP contribution in [-0.2, 0) is 4.79 Å². The van der Waals surface area contributed by atoms with Crippen molar-refractivity contribution in [2.75, 3.05) is 31.1 Å². The number of rotatable bonds is 3. The molecule has 4 heterocycles. The number of anilines is 1. The molecule has 0 unspecified atom stereocenters. The van der Waals surface area contributed by atoms with E-state index in [0.29, 0.717) is 16.9 Å². The van der Waals surface area contributed by atoms with Gasteiger partial charge < -0.3 is 20.7 Å². The van der Waals surface area contributed by atoms with Crippen molar-refractivity contribution in [1.29, 1.82) is 0 Å². The Kier molecular flexibility index (Phi) is 4.77. The van der Waals surface area contributed by atoms with Crippen LogP contribution in [0.1, 0.15) is 16.8 Å². The third kappa shape index (κ3) is 3.78. The van der Waals surface area contributed by atoms with Crippen LogP contribution in [0.2, 0.25) is 0 Å². The molecule has 3 N–H and O–H groups in total. The smallest absolute Gasteiger partial charge is 0.274 e. The molecule has 1 fully saturated rings. The predicted octanol–water partition coefficient (Wildman–Crippen LogP) is 0.448. The van der Waals surface area contributed by atoms with Gasteiger partial charge in [0.05, 0.1) is 5.69 Å². The first kappa shape index (κ1) is 17.5. The fourth-order valence-electron chi connectivity index (χ4n) is 3.31. The molecule has 1 radical (unpaired) electrons. The van der Waals surface area contributed by atoms with Gasteiger partial charge in [0, 0.05) is 49.2 Å². The van der Waals surface area contributed by atoms with E-state index in [4.69, 9.17) is 5.73 Å². The molecule has 6 nitrogen and oxygen atoms in total. The maximum absolute atomic E-state index is 12.6. The lowest BCUT2D eigenvalue weighted by molar-refractivity contribution is -0.108. The van der Waals surface area contributed by atoms with Gasteiger partial charge in [-0.15, -0.1) is 0 Å². The number of carbonyl (C=O) groups is 1. The molecular weight excluding hydrogens is 337 g/mol. The van der Waals surface area contributed by atoms with Crippen molar-refractivity contribution in [2.24, 2.45) is 5.73 Å². The summed E-state index contributed by atoms with van der Waals surface area (Å²) in [4.78, 5) is 23.8. The quantitative estimate of drug-likeness (QED) is 0.775. The van der Waals surface area contributed by atoms with Crippen molar-refractivity contribution in [1.82, 2.24) is 15.3 Å². The minimum absolute atomic E-state index is 0.131. The largest absolute Gasteiger partial charge is 0.398 e. The molecule has 27 heavy (non-hydrogen) atoms. The van der Waals surface area contributed by atoms with E-state index in [9.17, 15) is 4.79 Å². The van der Waals surface area contributed by atoms with E-state index < -0.39 is 0 Å². The van der Waals surface area contributed by atoms with E-state index in [-0.39, 0.29) is 5.68 Å². The van der Waals surface area contributed by atoms with Crippen molar-refractivity contribution in [2.45, 2.75) is 6.92 Å². The second kappa shape index (κ2) is 7.36. The molecule has 0 amide bonds. The molecule has 0 aromatic carbocycles. The number of nitrogens with one attached hydrogen (secondary N) is 1. The number of nitrogens with zero attached hydrogens (tertiary/aromatic N) is 3. The summed E-state index contributed by atoms with van der Waals surface area (Å²) in [6, 6.07) is 7.86. The Balaban J connectivity index is 1.63. The molecular formula is C20H21BN5O. The first-order valence-corrected chi connectivity index (χ1v) is 9.08. The molecule has 2 aromatic rings. The van der Waals surface area contributed by atoms with Gasteiger partial charge in [-0.1, -0.05) is 6.07 Å². The lowest BCUT2D eigenvalue weighted by Crippen LogP contribution is -2.45. The Morgan fingerprint density at radius 1 is 1.30 bits per heavy atom. The molecule has 2 aliphatic heterocycles. The van der Waals surface area contributed by atoms with Gasteiger partial charge in [-0.3, -0.25) is 4.98 Å². The van der Waals surface area contributed by atoms with Gasteiger partial charge in [-0.2, -0.15) is 0 Å². The summed E-state index contributed by atoms with van der Waals surface area (Å²) >= 11 is 0. The number of pyridine rings is 2. The molecule has 0 saturated carbocycles. The van der Waals surface area contributed by atoms with Crippen molar-refractivity contribution in [3.8, 4) is 0 Å². The van der Waals surface area contributed by atoms with Crippen LogP contribution in [0.15, 0.2) is 41.7 Å². The van der Waals surface area contributed by atoms with E-state index in [1.54, 1.807) is 19.6 Å². The number of hydrogen-bond donors (Lipinski definition) is 2. The van der Waals surface area contributed by atoms with Crippen molar-refractivity contribution < 1.29 is 4.79 Å². The van der Waals surface area contributed by atoms with Gasteiger partial charge >= 0.3 is 0 Å². The van der Waals surface area contributed by atoms with E-state index in [2.05, 4.69) is 20.2 Å². The maximum Gasteiger partial charge on any atom is 0.274 e. The molecule has 4 rings (SSSR count). The minimum Gasteiger partial charge on any atom is -0.398 e. The van der Waals surface area contributed by atoms with Crippen LogP contribution in [0, 0.1) is 6.92 Å². The summed E-state index contributed by atoms with van der Waals surface area (Å²) in [6.45, 7) is 5.71. The van der Waals surface area contributed by atoms with Crippen molar-refractivity contribution in [3.63, 3.8) is 0 Å². The Hall–Kier alpha value is -2.93. The standard InChI is InChI=1S/C20H21BN5O/c1-13-4-5-24-15(10-13)12-17(22)16-11-14-2-3-18(25-19(14)21-20(16)27)26-8-6-23-7-9-26/h2-5,10-12,23H,6-9,22H2,1H3. The zero-order chi connectivity index (χ0) is 18.8. The minimum atomic E-state index is -0.131. The zero-order valence-corrected chi connectivity index (χ0v) is 15.3. The van der Waals surface area contributed by atoms with E-state index in [0.717, 1.165) is 48.8 Å². The van der Waals surface area contributed by atoms with E-state index in [1.165, 1.54) is 0 Å². The van der Waals surface area contributed by atoms with Crippen LogP contribution < -0.4 is 21.5 Å².